The van der Waals surface area contributed by atoms with Crippen molar-refractivity contribution in [1.29, 1.82) is 0 Å². The summed E-state index contributed by atoms with van der Waals surface area (Å²) in [5.41, 5.74) is 2.47. The zero-order chi connectivity index (χ0) is 14.5. The molecule has 0 bridgehead atoms. The largest absolute Gasteiger partial charge is 0.396 e. The average Bonchev–Trinajstić information content (AvgIpc) is 3.22. The van der Waals surface area contributed by atoms with E-state index < -0.39 is 0 Å². The number of nitrogens with zero attached hydrogens (tertiary/aromatic N) is 1. The molecule has 0 atom stereocenters. The zero-order valence-electron chi connectivity index (χ0n) is 12.4. The minimum absolute atomic E-state index is 0.229. The lowest BCUT2D eigenvalue weighted by molar-refractivity contribution is 0.288. The Bertz CT molecular complexity index is 432. The maximum absolute atomic E-state index is 9.08. The molecule has 1 aromatic carbocycles. The van der Waals surface area contributed by atoms with Gasteiger partial charge < -0.3 is 15.3 Å². The van der Waals surface area contributed by atoms with E-state index in [1.807, 2.05) is 6.07 Å². The van der Waals surface area contributed by atoms with E-state index in [1.54, 1.807) is 0 Å². The lowest BCUT2D eigenvalue weighted by Crippen LogP contribution is -2.33. The van der Waals surface area contributed by atoms with E-state index >= 15 is 0 Å². The number of benzene rings is 1. The van der Waals surface area contributed by atoms with Gasteiger partial charge in [-0.1, -0.05) is 11.6 Å². The first-order valence-corrected chi connectivity index (χ1v) is 7.89. The summed E-state index contributed by atoms with van der Waals surface area (Å²) in [6, 6.07) is 7.20. The third-order valence-corrected chi connectivity index (χ3v) is 3.93. The van der Waals surface area contributed by atoms with Gasteiger partial charge in [-0.2, -0.15) is 0 Å². The highest BCUT2D eigenvalue weighted by Crippen LogP contribution is 2.28. The van der Waals surface area contributed by atoms with Crippen LogP contribution < -0.4 is 10.2 Å². The number of anilines is 1. The van der Waals surface area contributed by atoms with Crippen molar-refractivity contribution in [1.82, 2.24) is 5.32 Å². The molecule has 112 valence electrons. The molecule has 2 rings (SSSR count). The topological polar surface area (TPSA) is 35.5 Å². The second kappa shape index (κ2) is 7.30. The summed E-state index contributed by atoms with van der Waals surface area (Å²) in [6.07, 6.45) is 3.36. The van der Waals surface area contributed by atoms with Crippen LogP contribution in [-0.2, 0) is 6.54 Å². The Hall–Kier alpha value is -0.770. The van der Waals surface area contributed by atoms with E-state index in [0.717, 1.165) is 24.5 Å². The molecule has 2 N–H and O–H groups in total. The summed E-state index contributed by atoms with van der Waals surface area (Å²) in [5.74, 6) is 0. The van der Waals surface area contributed by atoms with Gasteiger partial charge in [0.05, 0.1) is 0 Å². The quantitative estimate of drug-likeness (QED) is 0.773. The Morgan fingerprint density at radius 2 is 2.15 bits per heavy atom. The van der Waals surface area contributed by atoms with Gasteiger partial charge in [0, 0.05) is 42.5 Å². The van der Waals surface area contributed by atoms with Crippen LogP contribution in [0.2, 0.25) is 5.02 Å². The molecule has 0 aromatic heterocycles. The molecule has 0 amide bonds. The third-order valence-electron chi connectivity index (χ3n) is 3.69. The number of hydrogen-bond donors (Lipinski definition) is 2. The van der Waals surface area contributed by atoms with Gasteiger partial charge in [0.1, 0.15) is 0 Å². The van der Waals surface area contributed by atoms with E-state index in [1.165, 1.54) is 24.1 Å². The number of aliphatic hydroxyl groups excluding tert-OH is 1. The fourth-order valence-electron chi connectivity index (χ4n) is 2.42. The van der Waals surface area contributed by atoms with Crippen LogP contribution in [0.5, 0.6) is 0 Å². The summed E-state index contributed by atoms with van der Waals surface area (Å²) >= 11 is 6.15. The van der Waals surface area contributed by atoms with Crippen LogP contribution in [0.15, 0.2) is 18.2 Å². The highest BCUT2D eigenvalue weighted by atomic mass is 35.5. The van der Waals surface area contributed by atoms with Gasteiger partial charge in [0.15, 0.2) is 0 Å². The molecule has 0 heterocycles. The molecule has 1 aliphatic carbocycles. The first-order valence-electron chi connectivity index (χ1n) is 7.51. The first-order chi connectivity index (χ1) is 9.61. The Balaban J connectivity index is 2.16. The molecule has 0 unspecified atom stereocenters. The van der Waals surface area contributed by atoms with Gasteiger partial charge in [-0.3, -0.25) is 0 Å². The van der Waals surface area contributed by atoms with Crippen LogP contribution in [0.4, 0.5) is 5.69 Å². The standard InChI is InChI=1S/C16H25ClN2O/c1-12(2)19(8-3-9-20)16-7-4-14(17)10-13(16)11-18-15-5-6-15/h4,7,10,12,15,18,20H,3,5-6,8-9,11H2,1-2H3. The van der Waals surface area contributed by atoms with Gasteiger partial charge in [0.2, 0.25) is 0 Å². The molecule has 4 heteroatoms. The number of halogens is 1. The van der Waals surface area contributed by atoms with Crippen LogP contribution in [0.1, 0.15) is 38.7 Å². The number of nitrogens with one attached hydrogen (secondary N) is 1. The molecular formula is C16H25ClN2O. The fraction of sp³-hybridized carbons (Fsp3) is 0.625. The molecular weight excluding hydrogens is 272 g/mol. The van der Waals surface area contributed by atoms with E-state index in [4.69, 9.17) is 16.7 Å². The number of rotatable bonds is 8. The summed E-state index contributed by atoms with van der Waals surface area (Å²) in [5, 5.41) is 13.4. The van der Waals surface area contributed by atoms with E-state index in [2.05, 4.69) is 36.2 Å². The normalized spacial score (nSPS) is 14.8. The first kappa shape index (κ1) is 15.6. The molecule has 0 spiro atoms. The van der Waals surface area contributed by atoms with Crippen LogP contribution in [0.3, 0.4) is 0 Å². The Kier molecular flexibility index (Phi) is 5.70. The summed E-state index contributed by atoms with van der Waals surface area (Å²) in [6.45, 7) is 6.33. The molecule has 0 saturated heterocycles. The highest BCUT2D eigenvalue weighted by molar-refractivity contribution is 6.30. The van der Waals surface area contributed by atoms with Crippen molar-refractivity contribution < 1.29 is 5.11 Å². The summed E-state index contributed by atoms with van der Waals surface area (Å²) in [7, 11) is 0. The minimum atomic E-state index is 0.229. The van der Waals surface area contributed by atoms with Crippen molar-refractivity contribution in [2.45, 2.75) is 51.7 Å². The Labute approximate surface area is 126 Å². The predicted octanol–water partition coefficient (Wildman–Crippen LogP) is 3.19. The molecule has 0 radical (unpaired) electrons. The lowest BCUT2D eigenvalue weighted by atomic mass is 10.1. The predicted molar refractivity (Wildman–Crippen MR) is 85.5 cm³/mol. The molecule has 1 aliphatic rings. The van der Waals surface area contributed by atoms with Crippen molar-refractivity contribution in [3.05, 3.63) is 28.8 Å². The third kappa shape index (κ3) is 4.37. The summed E-state index contributed by atoms with van der Waals surface area (Å²) < 4.78 is 0. The van der Waals surface area contributed by atoms with E-state index in [-0.39, 0.29) is 6.61 Å². The van der Waals surface area contributed by atoms with Crippen molar-refractivity contribution in [3.8, 4) is 0 Å². The van der Waals surface area contributed by atoms with Crippen LogP contribution in [0.25, 0.3) is 0 Å². The molecule has 20 heavy (non-hydrogen) atoms. The smallest absolute Gasteiger partial charge is 0.0447 e. The Morgan fingerprint density at radius 3 is 2.75 bits per heavy atom. The number of hydrogen-bond acceptors (Lipinski definition) is 3. The monoisotopic (exact) mass is 296 g/mol. The van der Waals surface area contributed by atoms with Gasteiger partial charge in [-0.15, -0.1) is 0 Å². The number of aliphatic hydroxyl groups is 1. The van der Waals surface area contributed by atoms with Gasteiger partial charge in [-0.05, 0) is 56.9 Å². The van der Waals surface area contributed by atoms with Crippen molar-refractivity contribution in [3.63, 3.8) is 0 Å². The molecule has 1 aromatic rings. The Morgan fingerprint density at radius 1 is 1.40 bits per heavy atom. The maximum Gasteiger partial charge on any atom is 0.0447 e. The van der Waals surface area contributed by atoms with E-state index in [0.29, 0.717) is 12.1 Å². The maximum atomic E-state index is 9.08. The molecule has 1 fully saturated rings. The van der Waals surface area contributed by atoms with E-state index in [9.17, 15) is 0 Å². The molecule has 3 nitrogen and oxygen atoms in total. The second-order valence-corrected chi connectivity index (χ2v) is 6.23. The van der Waals surface area contributed by atoms with Crippen LogP contribution >= 0.6 is 11.6 Å². The SMILES string of the molecule is CC(C)N(CCCO)c1ccc(Cl)cc1CNC1CC1. The molecule has 0 aliphatic heterocycles. The zero-order valence-corrected chi connectivity index (χ0v) is 13.2. The second-order valence-electron chi connectivity index (χ2n) is 5.79. The molecule has 1 saturated carbocycles. The van der Waals surface area contributed by atoms with Gasteiger partial charge >= 0.3 is 0 Å². The van der Waals surface area contributed by atoms with Gasteiger partial charge in [-0.25, -0.2) is 0 Å². The summed E-state index contributed by atoms with van der Waals surface area (Å²) in [4.78, 5) is 2.34. The van der Waals surface area contributed by atoms with Crippen molar-refractivity contribution >= 4 is 17.3 Å². The average molecular weight is 297 g/mol. The fourth-order valence-corrected chi connectivity index (χ4v) is 2.61. The van der Waals surface area contributed by atoms with Gasteiger partial charge in [0.25, 0.3) is 0 Å². The van der Waals surface area contributed by atoms with Crippen LogP contribution in [0, 0.1) is 0 Å². The highest BCUT2D eigenvalue weighted by Gasteiger charge is 2.21. The lowest BCUT2D eigenvalue weighted by Gasteiger charge is -2.31. The van der Waals surface area contributed by atoms with Crippen molar-refractivity contribution in [2.75, 3.05) is 18.1 Å². The minimum Gasteiger partial charge on any atom is -0.396 e. The van der Waals surface area contributed by atoms with Crippen molar-refractivity contribution in [2.24, 2.45) is 0 Å². The van der Waals surface area contributed by atoms with Crippen LogP contribution in [-0.4, -0.2) is 30.3 Å².